The fourth-order valence-electron chi connectivity index (χ4n) is 3.64. The van der Waals surface area contributed by atoms with Crippen LogP contribution in [0, 0.1) is 0 Å². The van der Waals surface area contributed by atoms with Crippen LogP contribution in [0.2, 0.25) is 0 Å². The van der Waals surface area contributed by atoms with Gasteiger partial charge in [0, 0.05) is 24.0 Å². The van der Waals surface area contributed by atoms with Crippen molar-refractivity contribution in [2.24, 2.45) is 5.11 Å². The molecule has 0 N–H and O–H groups in total. The van der Waals surface area contributed by atoms with Gasteiger partial charge in [0.1, 0.15) is 0 Å². The SMILES string of the molecule is [N-]=[N+]=N[C@@H]1CCCC[C@H]1N(Cc1ccccc1)Cc1ccccc1. The Morgan fingerprint density at radius 2 is 1.42 bits per heavy atom. The summed E-state index contributed by atoms with van der Waals surface area (Å²) < 4.78 is 0. The summed E-state index contributed by atoms with van der Waals surface area (Å²) in [6.07, 6.45) is 4.46. The summed E-state index contributed by atoms with van der Waals surface area (Å²) >= 11 is 0. The molecule has 0 aromatic heterocycles. The molecule has 0 heterocycles. The number of hydrogen-bond donors (Lipinski definition) is 0. The van der Waals surface area contributed by atoms with E-state index in [1.165, 1.54) is 17.5 Å². The highest BCUT2D eigenvalue weighted by atomic mass is 15.2. The van der Waals surface area contributed by atoms with E-state index in [2.05, 4.69) is 75.6 Å². The number of benzene rings is 2. The third kappa shape index (κ3) is 4.38. The van der Waals surface area contributed by atoms with E-state index in [9.17, 15) is 0 Å². The van der Waals surface area contributed by atoms with Gasteiger partial charge in [-0.25, -0.2) is 0 Å². The number of nitrogens with zero attached hydrogens (tertiary/aromatic N) is 4. The molecule has 4 nitrogen and oxygen atoms in total. The monoisotopic (exact) mass is 320 g/mol. The van der Waals surface area contributed by atoms with Crippen LogP contribution in [0.3, 0.4) is 0 Å². The van der Waals surface area contributed by atoms with Crippen LogP contribution in [0.4, 0.5) is 0 Å². The van der Waals surface area contributed by atoms with E-state index in [0.29, 0.717) is 6.04 Å². The molecule has 24 heavy (non-hydrogen) atoms. The molecule has 0 radical (unpaired) electrons. The Morgan fingerprint density at radius 3 is 1.96 bits per heavy atom. The van der Waals surface area contributed by atoms with Gasteiger partial charge >= 0.3 is 0 Å². The van der Waals surface area contributed by atoms with Crippen molar-refractivity contribution in [1.29, 1.82) is 0 Å². The minimum Gasteiger partial charge on any atom is -0.291 e. The average Bonchev–Trinajstić information content (AvgIpc) is 2.64. The highest BCUT2D eigenvalue weighted by molar-refractivity contribution is 5.17. The van der Waals surface area contributed by atoms with Gasteiger partial charge in [-0.2, -0.15) is 0 Å². The first-order valence-electron chi connectivity index (χ1n) is 8.73. The zero-order valence-electron chi connectivity index (χ0n) is 14.0. The fourth-order valence-corrected chi connectivity index (χ4v) is 3.64. The zero-order chi connectivity index (χ0) is 16.6. The van der Waals surface area contributed by atoms with E-state index in [1.54, 1.807) is 0 Å². The van der Waals surface area contributed by atoms with Crippen molar-refractivity contribution < 1.29 is 0 Å². The molecule has 2 aromatic rings. The molecule has 3 rings (SSSR count). The van der Waals surface area contributed by atoms with Crippen LogP contribution in [-0.4, -0.2) is 17.0 Å². The van der Waals surface area contributed by atoms with Gasteiger partial charge in [0.05, 0.1) is 6.04 Å². The van der Waals surface area contributed by atoms with E-state index >= 15 is 0 Å². The molecule has 124 valence electrons. The topological polar surface area (TPSA) is 52.0 Å². The molecule has 0 saturated heterocycles. The Kier molecular flexibility index (Phi) is 5.89. The predicted octanol–water partition coefficient (Wildman–Crippen LogP) is 5.31. The van der Waals surface area contributed by atoms with Crippen molar-refractivity contribution in [2.45, 2.75) is 50.9 Å². The van der Waals surface area contributed by atoms with Crippen LogP contribution in [0.1, 0.15) is 36.8 Å². The van der Waals surface area contributed by atoms with Gasteiger partial charge in [0.15, 0.2) is 0 Å². The van der Waals surface area contributed by atoms with E-state index in [4.69, 9.17) is 5.53 Å². The van der Waals surface area contributed by atoms with Crippen molar-refractivity contribution in [1.82, 2.24) is 4.90 Å². The first-order chi connectivity index (χ1) is 11.9. The minimum atomic E-state index is 0.0798. The van der Waals surface area contributed by atoms with Crippen molar-refractivity contribution in [3.05, 3.63) is 82.2 Å². The third-order valence-corrected chi connectivity index (χ3v) is 4.82. The first-order valence-corrected chi connectivity index (χ1v) is 8.73. The normalized spacial score (nSPS) is 20.5. The van der Waals surface area contributed by atoms with Crippen LogP contribution >= 0.6 is 0 Å². The Labute approximate surface area is 143 Å². The van der Waals surface area contributed by atoms with Gasteiger partial charge in [-0.05, 0) is 29.5 Å². The van der Waals surface area contributed by atoms with Gasteiger partial charge < -0.3 is 0 Å². The van der Waals surface area contributed by atoms with Crippen LogP contribution in [-0.2, 0) is 13.1 Å². The van der Waals surface area contributed by atoms with Crippen molar-refractivity contribution in [3.63, 3.8) is 0 Å². The lowest BCUT2D eigenvalue weighted by atomic mass is 9.89. The Balaban J connectivity index is 1.83. The quantitative estimate of drug-likeness (QED) is 0.404. The maximum Gasteiger partial charge on any atom is 0.0530 e. The molecule has 4 heteroatoms. The number of hydrogen-bond acceptors (Lipinski definition) is 2. The Bertz CT molecular complexity index is 623. The van der Waals surface area contributed by atoms with Gasteiger partial charge in [0.25, 0.3) is 0 Å². The lowest BCUT2D eigenvalue weighted by Crippen LogP contribution is -2.43. The average molecular weight is 320 g/mol. The molecule has 0 aliphatic heterocycles. The summed E-state index contributed by atoms with van der Waals surface area (Å²) in [5.41, 5.74) is 11.5. The molecule has 1 aliphatic carbocycles. The molecule has 1 aliphatic rings. The molecule has 2 atom stereocenters. The summed E-state index contributed by atoms with van der Waals surface area (Å²) in [7, 11) is 0. The maximum absolute atomic E-state index is 8.94. The molecule has 0 bridgehead atoms. The van der Waals surface area contributed by atoms with Gasteiger partial charge in [-0.3, -0.25) is 4.90 Å². The summed E-state index contributed by atoms with van der Waals surface area (Å²) in [6.45, 7) is 1.77. The van der Waals surface area contributed by atoms with Crippen LogP contribution in [0.5, 0.6) is 0 Å². The van der Waals surface area contributed by atoms with Crippen molar-refractivity contribution in [3.8, 4) is 0 Å². The molecule has 1 fully saturated rings. The highest BCUT2D eigenvalue weighted by Gasteiger charge is 2.29. The third-order valence-electron chi connectivity index (χ3n) is 4.82. The Hall–Kier alpha value is -2.29. The molecule has 0 spiro atoms. The van der Waals surface area contributed by atoms with Crippen molar-refractivity contribution in [2.75, 3.05) is 0 Å². The second kappa shape index (κ2) is 8.53. The van der Waals surface area contributed by atoms with Gasteiger partial charge in [0.2, 0.25) is 0 Å². The second-order valence-electron chi connectivity index (χ2n) is 6.50. The highest BCUT2D eigenvalue weighted by Crippen LogP contribution is 2.28. The van der Waals surface area contributed by atoms with Crippen LogP contribution in [0.25, 0.3) is 10.4 Å². The molecule has 0 amide bonds. The number of rotatable bonds is 6. The van der Waals surface area contributed by atoms with E-state index in [1.807, 2.05) is 0 Å². The van der Waals surface area contributed by atoms with E-state index < -0.39 is 0 Å². The van der Waals surface area contributed by atoms with E-state index in [-0.39, 0.29) is 6.04 Å². The first kappa shape index (κ1) is 16.6. The minimum absolute atomic E-state index is 0.0798. The maximum atomic E-state index is 8.94. The summed E-state index contributed by atoms with van der Waals surface area (Å²) in [5.74, 6) is 0. The van der Waals surface area contributed by atoms with Crippen LogP contribution in [0.15, 0.2) is 65.8 Å². The zero-order valence-corrected chi connectivity index (χ0v) is 14.0. The summed E-state index contributed by atoms with van der Waals surface area (Å²) in [4.78, 5) is 5.59. The smallest absolute Gasteiger partial charge is 0.0530 e. The molecule has 0 unspecified atom stereocenters. The summed E-state index contributed by atoms with van der Waals surface area (Å²) in [5, 5.41) is 4.11. The van der Waals surface area contributed by atoms with Crippen LogP contribution < -0.4 is 0 Å². The molecule has 1 saturated carbocycles. The van der Waals surface area contributed by atoms with Gasteiger partial charge in [-0.15, -0.1) is 0 Å². The van der Waals surface area contributed by atoms with E-state index in [0.717, 1.165) is 32.4 Å². The standard InChI is InChI=1S/C20H24N4/c21-23-22-19-13-7-8-14-20(19)24(15-17-9-3-1-4-10-17)16-18-11-5-2-6-12-18/h1-6,9-12,19-20H,7-8,13-16H2/t19-,20-/m1/s1. The predicted molar refractivity (Wildman–Crippen MR) is 97.3 cm³/mol. The lowest BCUT2D eigenvalue weighted by Gasteiger charge is -2.38. The largest absolute Gasteiger partial charge is 0.291 e. The second-order valence-corrected chi connectivity index (χ2v) is 6.50. The summed E-state index contributed by atoms with van der Waals surface area (Å²) in [6, 6.07) is 21.5. The molecular formula is C20H24N4. The number of azide groups is 1. The van der Waals surface area contributed by atoms with Gasteiger partial charge in [-0.1, -0.05) is 78.6 Å². The van der Waals surface area contributed by atoms with Crippen molar-refractivity contribution >= 4 is 0 Å². The Morgan fingerprint density at radius 1 is 0.875 bits per heavy atom. The molecular weight excluding hydrogens is 296 g/mol. The fraction of sp³-hybridized carbons (Fsp3) is 0.400. The lowest BCUT2D eigenvalue weighted by molar-refractivity contribution is 0.122. The molecule has 2 aromatic carbocycles.